The summed E-state index contributed by atoms with van der Waals surface area (Å²) in [5.41, 5.74) is 3.44. The molecule has 0 radical (unpaired) electrons. The third-order valence-electron chi connectivity index (χ3n) is 4.26. The molecular formula is C20H19N5O3S. The van der Waals surface area contributed by atoms with Crippen LogP contribution < -0.4 is 10.1 Å². The highest BCUT2D eigenvalue weighted by atomic mass is 32.2. The van der Waals surface area contributed by atoms with Crippen molar-refractivity contribution in [1.29, 1.82) is 0 Å². The Morgan fingerprint density at radius 3 is 2.76 bits per heavy atom. The molecule has 0 bridgehead atoms. The molecule has 9 heteroatoms. The first-order valence-corrected chi connectivity index (χ1v) is 10.1. The van der Waals surface area contributed by atoms with Gasteiger partial charge in [-0.2, -0.15) is 9.78 Å². The lowest BCUT2D eigenvalue weighted by Gasteiger charge is -2.15. The number of carboxylic acid groups (broad SMARTS) is 1. The number of anilines is 1. The fourth-order valence-corrected chi connectivity index (χ4v) is 3.77. The van der Waals surface area contributed by atoms with Crippen LogP contribution in [0.1, 0.15) is 12.5 Å². The molecule has 4 rings (SSSR count). The molecule has 8 nitrogen and oxygen atoms in total. The Labute approximate surface area is 171 Å². The van der Waals surface area contributed by atoms with Crippen LogP contribution in [-0.2, 0) is 4.79 Å². The molecular weight excluding hydrogens is 390 g/mol. The van der Waals surface area contributed by atoms with Crippen LogP contribution in [0.25, 0.3) is 11.4 Å². The third kappa shape index (κ3) is 4.09. The second-order valence-electron chi connectivity index (χ2n) is 6.21. The first kappa shape index (κ1) is 19.0. The van der Waals surface area contributed by atoms with Crippen molar-refractivity contribution in [3.05, 3.63) is 54.1 Å². The number of carboxylic acids is 1. The van der Waals surface area contributed by atoms with Gasteiger partial charge in [-0.1, -0.05) is 36.0 Å². The molecule has 1 aliphatic rings. The topological polar surface area (TPSA) is 102 Å². The number of hydrogen-bond acceptors (Lipinski definition) is 7. The predicted molar refractivity (Wildman–Crippen MR) is 112 cm³/mol. The number of ether oxygens (including phenoxy) is 1. The van der Waals surface area contributed by atoms with Gasteiger partial charge < -0.3 is 15.2 Å². The van der Waals surface area contributed by atoms with Gasteiger partial charge in [0.15, 0.2) is 5.82 Å². The van der Waals surface area contributed by atoms with Gasteiger partial charge in [0, 0.05) is 11.4 Å². The predicted octanol–water partition coefficient (Wildman–Crippen LogP) is 3.20. The van der Waals surface area contributed by atoms with E-state index in [2.05, 4.69) is 15.5 Å². The summed E-state index contributed by atoms with van der Waals surface area (Å²) in [5, 5.41) is 25.7. The van der Waals surface area contributed by atoms with Crippen molar-refractivity contribution in [2.45, 2.75) is 12.1 Å². The summed E-state index contributed by atoms with van der Waals surface area (Å²) in [7, 11) is 0. The van der Waals surface area contributed by atoms with E-state index >= 15 is 0 Å². The number of nitrogens with one attached hydrogen (secondary N) is 1. The van der Waals surface area contributed by atoms with Crippen molar-refractivity contribution in [3.8, 4) is 17.1 Å². The molecule has 0 saturated carbocycles. The Morgan fingerprint density at radius 2 is 2.00 bits per heavy atom. The van der Waals surface area contributed by atoms with Crippen LogP contribution in [0.2, 0.25) is 0 Å². The van der Waals surface area contributed by atoms with E-state index in [1.165, 1.54) is 0 Å². The smallest absolute Gasteiger partial charge is 0.322 e. The van der Waals surface area contributed by atoms with Crippen LogP contribution >= 0.6 is 11.8 Å². The molecule has 29 heavy (non-hydrogen) atoms. The van der Waals surface area contributed by atoms with Crippen LogP contribution in [0.15, 0.2) is 58.8 Å². The summed E-state index contributed by atoms with van der Waals surface area (Å²) < 4.78 is 7.48. The van der Waals surface area contributed by atoms with E-state index < -0.39 is 5.97 Å². The minimum atomic E-state index is -0.901. The maximum Gasteiger partial charge on any atom is 0.322 e. The second-order valence-corrected chi connectivity index (χ2v) is 7.15. The summed E-state index contributed by atoms with van der Waals surface area (Å²) >= 11 is 1.57. The largest absolute Gasteiger partial charge is 0.493 e. The van der Waals surface area contributed by atoms with Gasteiger partial charge in [-0.25, -0.2) is 0 Å². The number of aromatic nitrogens is 3. The van der Waals surface area contributed by atoms with Gasteiger partial charge in [0.25, 0.3) is 0 Å². The highest BCUT2D eigenvalue weighted by Crippen LogP contribution is 2.33. The van der Waals surface area contributed by atoms with Crippen LogP contribution in [0.3, 0.4) is 0 Å². The zero-order chi connectivity index (χ0) is 20.2. The summed E-state index contributed by atoms with van der Waals surface area (Å²) in [6.45, 7) is 2.38. The van der Waals surface area contributed by atoms with Crippen molar-refractivity contribution in [2.24, 2.45) is 5.10 Å². The number of aliphatic carboxylic acids is 1. The zero-order valence-corrected chi connectivity index (χ0v) is 16.5. The van der Waals surface area contributed by atoms with Crippen molar-refractivity contribution >= 4 is 29.1 Å². The number of para-hydroxylation sites is 1. The molecule has 0 unspecified atom stereocenters. The van der Waals surface area contributed by atoms with Crippen LogP contribution in [0.4, 0.5) is 5.69 Å². The lowest BCUT2D eigenvalue weighted by molar-refractivity contribution is -0.134. The number of nitrogens with zero attached hydrogens (tertiary/aromatic N) is 4. The van der Waals surface area contributed by atoms with Crippen molar-refractivity contribution in [2.75, 3.05) is 24.2 Å². The standard InChI is InChI=1S/C20H19N5O3S/c1-2-28-17-6-4-3-5-15(17)19-22-23-20-25(19)24-16(12-29-20)13-7-9-14(10-8-13)21-11-18(26)27/h3-10,21H,2,11-12H2,1H3,(H,26,27). The Hall–Kier alpha value is -3.33. The fourth-order valence-electron chi connectivity index (χ4n) is 2.93. The average molecular weight is 409 g/mol. The summed E-state index contributed by atoms with van der Waals surface area (Å²) in [6, 6.07) is 15.2. The number of benzene rings is 2. The first-order chi connectivity index (χ1) is 14.2. The van der Waals surface area contributed by atoms with E-state index in [0.717, 1.165) is 33.4 Å². The molecule has 2 N–H and O–H groups in total. The highest BCUT2D eigenvalue weighted by molar-refractivity contribution is 7.99. The van der Waals surface area contributed by atoms with Crippen molar-refractivity contribution in [3.63, 3.8) is 0 Å². The number of carbonyl (C=O) groups is 1. The van der Waals surface area contributed by atoms with Crippen LogP contribution in [0, 0.1) is 0 Å². The Balaban J connectivity index is 1.64. The molecule has 0 aliphatic carbocycles. The van der Waals surface area contributed by atoms with Gasteiger partial charge in [-0.15, -0.1) is 10.2 Å². The minimum absolute atomic E-state index is 0.122. The van der Waals surface area contributed by atoms with Crippen LogP contribution in [-0.4, -0.2) is 50.6 Å². The van der Waals surface area contributed by atoms with E-state index in [9.17, 15) is 4.79 Å². The normalized spacial score (nSPS) is 12.8. The number of thioether (sulfide) groups is 1. The third-order valence-corrected chi connectivity index (χ3v) is 5.19. The lowest BCUT2D eigenvalue weighted by atomic mass is 10.1. The minimum Gasteiger partial charge on any atom is -0.493 e. The number of hydrogen-bond donors (Lipinski definition) is 2. The fraction of sp³-hybridized carbons (Fsp3) is 0.200. The SMILES string of the molecule is CCOc1ccccc1-c1nnc2n1N=C(c1ccc(NCC(=O)O)cc1)CS2. The quantitative estimate of drug-likeness (QED) is 0.618. The van der Waals surface area contributed by atoms with Gasteiger partial charge in [0.05, 0.1) is 17.9 Å². The molecule has 0 saturated heterocycles. The molecule has 0 spiro atoms. The van der Waals surface area contributed by atoms with Gasteiger partial charge >= 0.3 is 5.97 Å². The molecule has 3 aromatic rings. The lowest BCUT2D eigenvalue weighted by Crippen LogP contribution is -2.15. The summed E-state index contributed by atoms with van der Waals surface area (Å²) in [4.78, 5) is 10.7. The Bertz CT molecular complexity index is 1060. The van der Waals surface area contributed by atoms with Gasteiger partial charge in [-0.3, -0.25) is 4.79 Å². The van der Waals surface area contributed by atoms with Gasteiger partial charge in [0.2, 0.25) is 5.16 Å². The van der Waals surface area contributed by atoms with Crippen molar-refractivity contribution < 1.29 is 14.6 Å². The maximum absolute atomic E-state index is 10.7. The molecule has 1 aromatic heterocycles. The summed E-state index contributed by atoms with van der Waals surface area (Å²) in [5.74, 6) is 1.15. The highest BCUT2D eigenvalue weighted by Gasteiger charge is 2.22. The number of fused-ring (bicyclic) bond motifs is 1. The monoisotopic (exact) mass is 409 g/mol. The Morgan fingerprint density at radius 1 is 1.21 bits per heavy atom. The molecule has 0 atom stereocenters. The molecule has 148 valence electrons. The summed E-state index contributed by atoms with van der Waals surface area (Å²) in [6.07, 6.45) is 0. The van der Waals surface area contributed by atoms with E-state index in [0.29, 0.717) is 18.2 Å². The first-order valence-electron chi connectivity index (χ1n) is 9.10. The van der Waals surface area contributed by atoms with E-state index in [1.807, 2.05) is 55.5 Å². The number of rotatable bonds is 7. The molecule has 2 heterocycles. The molecule has 1 aliphatic heterocycles. The molecule has 0 amide bonds. The van der Waals surface area contributed by atoms with Gasteiger partial charge in [0.1, 0.15) is 12.3 Å². The van der Waals surface area contributed by atoms with E-state index in [-0.39, 0.29) is 6.54 Å². The van der Waals surface area contributed by atoms with Crippen LogP contribution in [0.5, 0.6) is 5.75 Å². The molecule has 2 aromatic carbocycles. The van der Waals surface area contributed by atoms with E-state index in [1.54, 1.807) is 16.4 Å². The maximum atomic E-state index is 10.7. The van der Waals surface area contributed by atoms with E-state index in [4.69, 9.17) is 14.9 Å². The van der Waals surface area contributed by atoms with Gasteiger partial charge in [-0.05, 0) is 36.8 Å². The zero-order valence-electron chi connectivity index (χ0n) is 15.7. The molecule has 0 fully saturated rings. The Kier molecular flexibility index (Phi) is 5.48. The average Bonchev–Trinajstić information content (AvgIpc) is 3.16. The van der Waals surface area contributed by atoms with Crippen molar-refractivity contribution in [1.82, 2.24) is 14.9 Å². The second kappa shape index (κ2) is 8.36.